The molecule has 0 saturated heterocycles. The number of carboxylic acid groups (broad SMARTS) is 1. The van der Waals surface area contributed by atoms with Gasteiger partial charge in [-0.05, 0) is 12.0 Å². The van der Waals surface area contributed by atoms with Crippen LogP contribution in [0.3, 0.4) is 0 Å². The second-order valence-electron chi connectivity index (χ2n) is 4.21. The van der Waals surface area contributed by atoms with Gasteiger partial charge in [0.1, 0.15) is 5.82 Å². The van der Waals surface area contributed by atoms with Crippen LogP contribution in [0.5, 0.6) is 0 Å². The van der Waals surface area contributed by atoms with E-state index in [4.69, 9.17) is 16.7 Å². The predicted octanol–water partition coefficient (Wildman–Crippen LogP) is 3.76. The Morgan fingerprint density at radius 2 is 2.26 bits per heavy atom. The van der Waals surface area contributed by atoms with Crippen molar-refractivity contribution in [1.82, 2.24) is 9.97 Å². The van der Waals surface area contributed by atoms with Crippen LogP contribution >= 0.6 is 22.9 Å². The van der Waals surface area contributed by atoms with Crippen LogP contribution in [0.15, 0.2) is 17.6 Å². The molecular formula is C12H12ClN3O2S. The van der Waals surface area contributed by atoms with Crippen molar-refractivity contribution in [2.75, 3.05) is 5.32 Å². The van der Waals surface area contributed by atoms with Gasteiger partial charge in [-0.2, -0.15) is 0 Å². The quantitative estimate of drug-likeness (QED) is 0.899. The molecule has 0 aromatic carbocycles. The van der Waals surface area contributed by atoms with Crippen molar-refractivity contribution < 1.29 is 9.90 Å². The number of thiazole rings is 1. The largest absolute Gasteiger partial charge is 0.478 e. The Morgan fingerprint density at radius 1 is 1.53 bits per heavy atom. The highest BCUT2D eigenvalue weighted by molar-refractivity contribution is 7.13. The topological polar surface area (TPSA) is 75.1 Å². The van der Waals surface area contributed by atoms with E-state index in [0.717, 1.165) is 5.69 Å². The zero-order valence-electron chi connectivity index (χ0n) is 10.3. The lowest BCUT2D eigenvalue weighted by molar-refractivity contribution is 0.0697. The Labute approximate surface area is 119 Å². The van der Waals surface area contributed by atoms with Gasteiger partial charge in [0.25, 0.3) is 0 Å². The van der Waals surface area contributed by atoms with Crippen molar-refractivity contribution in [2.45, 2.75) is 19.8 Å². The molecular weight excluding hydrogens is 286 g/mol. The van der Waals surface area contributed by atoms with E-state index >= 15 is 0 Å². The summed E-state index contributed by atoms with van der Waals surface area (Å²) in [6, 6.07) is 1.39. The third-order valence-electron chi connectivity index (χ3n) is 2.43. The Morgan fingerprint density at radius 3 is 2.84 bits per heavy atom. The van der Waals surface area contributed by atoms with Crippen LogP contribution in [-0.4, -0.2) is 21.0 Å². The van der Waals surface area contributed by atoms with Crippen LogP contribution in [0.2, 0.25) is 5.02 Å². The Hall–Kier alpha value is -1.66. The summed E-state index contributed by atoms with van der Waals surface area (Å²) in [7, 11) is 0. The van der Waals surface area contributed by atoms with E-state index in [-0.39, 0.29) is 10.6 Å². The number of aromatic carboxylic acids is 1. The number of rotatable bonds is 4. The number of pyridine rings is 1. The fourth-order valence-electron chi connectivity index (χ4n) is 1.39. The zero-order valence-corrected chi connectivity index (χ0v) is 11.9. The summed E-state index contributed by atoms with van der Waals surface area (Å²) in [5, 5.41) is 14.7. The lowest BCUT2D eigenvalue weighted by Gasteiger charge is -2.04. The fraction of sp³-hybridized carbons (Fsp3) is 0.250. The van der Waals surface area contributed by atoms with E-state index in [2.05, 4.69) is 29.1 Å². The number of nitrogens with zero attached hydrogens (tertiary/aromatic N) is 2. The number of hydrogen-bond donors (Lipinski definition) is 2. The minimum absolute atomic E-state index is 0.0137. The van der Waals surface area contributed by atoms with Crippen molar-refractivity contribution in [2.24, 2.45) is 0 Å². The summed E-state index contributed by atoms with van der Waals surface area (Å²) in [5.41, 5.74) is 1.000. The summed E-state index contributed by atoms with van der Waals surface area (Å²) in [5.74, 6) is -0.330. The van der Waals surface area contributed by atoms with E-state index in [1.807, 2.05) is 5.38 Å². The Bertz CT molecular complexity index is 613. The lowest BCUT2D eigenvalue weighted by atomic mass is 10.2. The minimum Gasteiger partial charge on any atom is -0.478 e. The SMILES string of the molecule is CC(C)c1csc(Nc2cc(C(=O)O)c(Cl)cn2)n1. The first-order valence-electron chi connectivity index (χ1n) is 5.58. The minimum atomic E-state index is -1.09. The number of hydrogen-bond acceptors (Lipinski definition) is 5. The van der Waals surface area contributed by atoms with E-state index < -0.39 is 5.97 Å². The molecule has 0 bridgehead atoms. The first kappa shape index (κ1) is 13.8. The first-order chi connectivity index (χ1) is 8.97. The van der Waals surface area contributed by atoms with Gasteiger partial charge in [-0.25, -0.2) is 14.8 Å². The van der Waals surface area contributed by atoms with Crippen LogP contribution in [0.4, 0.5) is 10.9 Å². The molecule has 2 aromatic rings. The van der Waals surface area contributed by atoms with Crippen molar-refractivity contribution >= 4 is 39.9 Å². The van der Waals surface area contributed by atoms with Gasteiger partial charge in [-0.3, -0.25) is 0 Å². The predicted molar refractivity (Wildman–Crippen MR) is 75.7 cm³/mol. The molecule has 2 rings (SSSR count). The third-order valence-corrected chi connectivity index (χ3v) is 3.51. The maximum Gasteiger partial charge on any atom is 0.337 e. The number of anilines is 2. The molecule has 0 spiro atoms. The van der Waals surface area contributed by atoms with Crippen molar-refractivity contribution in [3.8, 4) is 0 Å². The number of carboxylic acids is 1. The lowest BCUT2D eigenvalue weighted by Crippen LogP contribution is -2.01. The third kappa shape index (κ3) is 3.21. The average molecular weight is 298 g/mol. The standard InChI is InChI=1S/C12H12ClN3O2S/c1-6(2)9-5-19-12(15-9)16-10-3-7(11(17)18)8(13)4-14-10/h3-6H,1-2H3,(H,17,18)(H,14,15,16). The number of aromatic nitrogens is 2. The number of nitrogens with one attached hydrogen (secondary N) is 1. The zero-order chi connectivity index (χ0) is 14.0. The van der Waals surface area contributed by atoms with Gasteiger partial charge in [0.15, 0.2) is 5.13 Å². The molecule has 2 heterocycles. The molecule has 0 aliphatic heterocycles. The number of halogens is 1. The smallest absolute Gasteiger partial charge is 0.337 e. The molecule has 0 fully saturated rings. The van der Waals surface area contributed by atoms with Gasteiger partial charge in [0.05, 0.1) is 16.3 Å². The number of carbonyl (C=O) groups is 1. The molecule has 0 aliphatic rings. The molecule has 0 aliphatic carbocycles. The summed E-state index contributed by atoms with van der Waals surface area (Å²) in [4.78, 5) is 19.4. The van der Waals surface area contributed by atoms with Crippen molar-refractivity contribution in [3.05, 3.63) is 33.9 Å². The summed E-state index contributed by atoms with van der Waals surface area (Å²) >= 11 is 7.20. The Balaban J connectivity index is 2.23. The molecule has 0 unspecified atom stereocenters. The van der Waals surface area contributed by atoms with Gasteiger partial charge in [0, 0.05) is 11.6 Å². The summed E-state index contributed by atoms with van der Waals surface area (Å²) < 4.78 is 0. The molecule has 19 heavy (non-hydrogen) atoms. The first-order valence-corrected chi connectivity index (χ1v) is 6.84. The van der Waals surface area contributed by atoms with Crippen LogP contribution in [0.25, 0.3) is 0 Å². The molecule has 2 N–H and O–H groups in total. The van der Waals surface area contributed by atoms with E-state index in [0.29, 0.717) is 16.9 Å². The normalized spacial score (nSPS) is 10.7. The second kappa shape index (κ2) is 5.54. The highest BCUT2D eigenvalue weighted by Gasteiger charge is 2.12. The monoisotopic (exact) mass is 297 g/mol. The molecule has 2 aromatic heterocycles. The molecule has 5 nitrogen and oxygen atoms in total. The van der Waals surface area contributed by atoms with E-state index in [1.54, 1.807) is 0 Å². The van der Waals surface area contributed by atoms with Crippen molar-refractivity contribution in [3.63, 3.8) is 0 Å². The van der Waals surface area contributed by atoms with Gasteiger partial charge in [-0.15, -0.1) is 11.3 Å². The molecule has 0 saturated carbocycles. The van der Waals surface area contributed by atoms with Gasteiger partial charge in [-0.1, -0.05) is 25.4 Å². The van der Waals surface area contributed by atoms with Gasteiger partial charge < -0.3 is 10.4 Å². The molecule has 0 radical (unpaired) electrons. The van der Waals surface area contributed by atoms with Gasteiger partial charge >= 0.3 is 5.97 Å². The maximum absolute atomic E-state index is 11.0. The Kier molecular flexibility index (Phi) is 4.01. The molecule has 7 heteroatoms. The average Bonchev–Trinajstić information content (AvgIpc) is 2.80. The fourth-order valence-corrected chi connectivity index (χ4v) is 2.45. The van der Waals surface area contributed by atoms with E-state index in [9.17, 15) is 4.79 Å². The highest BCUT2D eigenvalue weighted by atomic mass is 35.5. The van der Waals surface area contributed by atoms with Crippen LogP contribution < -0.4 is 5.32 Å². The van der Waals surface area contributed by atoms with E-state index in [1.165, 1.54) is 23.6 Å². The van der Waals surface area contributed by atoms with Crippen molar-refractivity contribution in [1.29, 1.82) is 0 Å². The van der Waals surface area contributed by atoms with Crippen LogP contribution in [0, 0.1) is 0 Å². The summed E-state index contributed by atoms with van der Waals surface area (Å²) in [6.07, 6.45) is 1.31. The van der Waals surface area contributed by atoms with Crippen LogP contribution in [-0.2, 0) is 0 Å². The molecule has 0 atom stereocenters. The van der Waals surface area contributed by atoms with Crippen LogP contribution in [0.1, 0.15) is 35.8 Å². The molecule has 0 amide bonds. The molecule has 100 valence electrons. The second-order valence-corrected chi connectivity index (χ2v) is 5.48. The highest BCUT2D eigenvalue weighted by Crippen LogP contribution is 2.25. The summed E-state index contributed by atoms with van der Waals surface area (Å²) in [6.45, 7) is 4.11. The van der Waals surface area contributed by atoms with Gasteiger partial charge in [0.2, 0.25) is 0 Å². The maximum atomic E-state index is 11.0.